The first-order valence-electron chi connectivity index (χ1n) is 7.80. The van der Waals surface area contributed by atoms with Crippen molar-refractivity contribution in [3.63, 3.8) is 0 Å². The van der Waals surface area contributed by atoms with Crippen LogP contribution in [-0.4, -0.2) is 24.0 Å². The molecule has 0 amide bonds. The Balaban J connectivity index is 1.84. The maximum absolute atomic E-state index is 5.71. The molecule has 0 radical (unpaired) electrons. The van der Waals surface area contributed by atoms with Crippen LogP contribution in [0.2, 0.25) is 0 Å². The first kappa shape index (κ1) is 14.6. The minimum absolute atomic E-state index is 0.689. The van der Waals surface area contributed by atoms with Crippen molar-refractivity contribution in [1.29, 1.82) is 0 Å². The molecule has 1 atom stereocenters. The van der Waals surface area contributed by atoms with Crippen molar-refractivity contribution >= 4 is 0 Å². The van der Waals surface area contributed by atoms with Gasteiger partial charge in [-0.05, 0) is 45.3 Å². The van der Waals surface area contributed by atoms with Gasteiger partial charge in [0.1, 0.15) is 5.76 Å². The molecular weight excluding hydrogens is 236 g/mol. The van der Waals surface area contributed by atoms with Crippen LogP contribution in [-0.2, 0) is 13.1 Å². The zero-order valence-electron chi connectivity index (χ0n) is 12.5. The normalized spacial score (nSPS) is 21.5. The first-order valence-corrected chi connectivity index (χ1v) is 7.80. The number of nitrogens with zero attached hydrogens (tertiary/aromatic N) is 1. The summed E-state index contributed by atoms with van der Waals surface area (Å²) in [7, 11) is 0. The van der Waals surface area contributed by atoms with Gasteiger partial charge in [-0.1, -0.05) is 19.8 Å². The van der Waals surface area contributed by atoms with Gasteiger partial charge in [-0.3, -0.25) is 4.90 Å². The molecule has 0 aliphatic carbocycles. The fourth-order valence-corrected chi connectivity index (χ4v) is 2.78. The molecular formula is C16H28N2O. The lowest BCUT2D eigenvalue weighted by molar-refractivity contribution is 0.189. The Morgan fingerprint density at radius 3 is 3.11 bits per heavy atom. The van der Waals surface area contributed by atoms with E-state index in [0.29, 0.717) is 6.04 Å². The zero-order valence-corrected chi connectivity index (χ0v) is 12.5. The SMILES string of the molecule is CCCNCc1coc(CN2CCCCCC2C)c1. The van der Waals surface area contributed by atoms with Crippen molar-refractivity contribution in [1.82, 2.24) is 10.2 Å². The molecule has 0 bridgehead atoms. The molecule has 1 aromatic heterocycles. The number of nitrogens with one attached hydrogen (secondary N) is 1. The van der Waals surface area contributed by atoms with E-state index in [1.165, 1.54) is 44.2 Å². The van der Waals surface area contributed by atoms with Crippen LogP contribution < -0.4 is 5.32 Å². The summed E-state index contributed by atoms with van der Waals surface area (Å²) in [5.74, 6) is 1.11. The van der Waals surface area contributed by atoms with E-state index in [-0.39, 0.29) is 0 Å². The van der Waals surface area contributed by atoms with Gasteiger partial charge in [-0.2, -0.15) is 0 Å². The highest BCUT2D eigenvalue weighted by Gasteiger charge is 2.18. The maximum Gasteiger partial charge on any atom is 0.118 e. The zero-order chi connectivity index (χ0) is 13.5. The van der Waals surface area contributed by atoms with E-state index in [1.54, 1.807) is 0 Å². The van der Waals surface area contributed by atoms with Crippen LogP contribution in [0.3, 0.4) is 0 Å². The Hall–Kier alpha value is -0.800. The summed E-state index contributed by atoms with van der Waals surface area (Å²) in [6.45, 7) is 8.71. The van der Waals surface area contributed by atoms with Crippen molar-refractivity contribution < 1.29 is 4.42 Å². The van der Waals surface area contributed by atoms with Crippen LogP contribution in [0, 0.1) is 0 Å². The lowest BCUT2D eigenvalue weighted by atomic mass is 10.1. The summed E-state index contributed by atoms with van der Waals surface area (Å²) in [6, 6.07) is 2.90. The minimum Gasteiger partial charge on any atom is -0.468 e. The van der Waals surface area contributed by atoms with Crippen LogP contribution in [0.4, 0.5) is 0 Å². The third kappa shape index (κ3) is 4.66. The lowest BCUT2D eigenvalue weighted by Gasteiger charge is -2.25. The molecule has 1 aliphatic heterocycles. The Kier molecular flexibility index (Phi) is 5.93. The Bertz CT molecular complexity index is 361. The molecule has 2 rings (SSSR count). The first-order chi connectivity index (χ1) is 9.29. The summed E-state index contributed by atoms with van der Waals surface area (Å²) < 4.78 is 5.71. The molecule has 1 N–H and O–H groups in total. The molecule has 3 nitrogen and oxygen atoms in total. The molecule has 0 aromatic carbocycles. The van der Waals surface area contributed by atoms with Gasteiger partial charge in [0.2, 0.25) is 0 Å². The average molecular weight is 264 g/mol. The molecule has 0 saturated carbocycles. The average Bonchev–Trinajstić information content (AvgIpc) is 2.75. The van der Waals surface area contributed by atoms with Crippen LogP contribution in [0.25, 0.3) is 0 Å². The van der Waals surface area contributed by atoms with Crippen molar-refractivity contribution in [3.05, 3.63) is 23.7 Å². The van der Waals surface area contributed by atoms with Crippen LogP contribution in [0.1, 0.15) is 57.3 Å². The molecule has 1 aliphatic rings. The minimum atomic E-state index is 0.689. The topological polar surface area (TPSA) is 28.4 Å². The van der Waals surface area contributed by atoms with Gasteiger partial charge in [0, 0.05) is 18.2 Å². The Morgan fingerprint density at radius 1 is 1.37 bits per heavy atom. The molecule has 19 heavy (non-hydrogen) atoms. The quantitative estimate of drug-likeness (QED) is 0.797. The third-order valence-electron chi connectivity index (χ3n) is 4.01. The molecule has 1 saturated heterocycles. The second kappa shape index (κ2) is 7.71. The number of likely N-dealkylation sites (tertiary alicyclic amines) is 1. The van der Waals surface area contributed by atoms with E-state index in [0.717, 1.165) is 25.4 Å². The van der Waals surface area contributed by atoms with Crippen LogP contribution in [0.15, 0.2) is 16.7 Å². The fraction of sp³-hybridized carbons (Fsp3) is 0.750. The molecule has 1 unspecified atom stereocenters. The summed E-state index contributed by atoms with van der Waals surface area (Å²) in [6.07, 6.45) is 8.49. The highest BCUT2D eigenvalue weighted by Crippen LogP contribution is 2.19. The summed E-state index contributed by atoms with van der Waals surface area (Å²) in [5.41, 5.74) is 1.27. The van der Waals surface area contributed by atoms with Crippen LogP contribution >= 0.6 is 0 Å². The molecule has 2 heterocycles. The van der Waals surface area contributed by atoms with E-state index >= 15 is 0 Å². The Labute approximate surface area is 117 Å². The van der Waals surface area contributed by atoms with Crippen molar-refractivity contribution in [2.75, 3.05) is 13.1 Å². The van der Waals surface area contributed by atoms with Gasteiger partial charge in [-0.15, -0.1) is 0 Å². The van der Waals surface area contributed by atoms with E-state index in [2.05, 4.69) is 30.1 Å². The fourth-order valence-electron chi connectivity index (χ4n) is 2.78. The lowest BCUT2D eigenvalue weighted by Crippen LogP contribution is -2.31. The van der Waals surface area contributed by atoms with Gasteiger partial charge in [0.25, 0.3) is 0 Å². The van der Waals surface area contributed by atoms with E-state index in [9.17, 15) is 0 Å². The van der Waals surface area contributed by atoms with E-state index in [4.69, 9.17) is 4.42 Å². The highest BCUT2D eigenvalue weighted by molar-refractivity contribution is 5.12. The van der Waals surface area contributed by atoms with Gasteiger partial charge < -0.3 is 9.73 Å². The molecule has 0 spiro atoms. The predicted octanol–water partition coefficient (Wildman–Crippen LogP) is 3.54. The summed E-state index contributed by atoms with van der Waals surface area (Å²) >= 11 is 0. The number of hydrogen-bond acceptors (Lipinski definition) is 3. The molecule has 3 heteroatoms. The van der Waals surface area contributed by atoms with E-state index in [1.807, 2.05) is 6.26 Å². The van der Waals surface area contributed by atoms with Crippen LogP contribution in [0.5, 0.6) is 0 Å². The number of furan rings is 1. The van der Waals surface area contributed by atoms with Crippen molar-refractivity contribution in [2.45, 2.75) is 65.1 Å². The largest absolute Gasteiger partial charge is 0.468 e. The molecule has 108 valence electrons. The Morgan fingerprint density at radius 2 is 2.26 bits per heavy atom. The van der Waals surface area contributed by atoms with Gasteiger partial charge in [0.15, 0.2) is 0 Å². The maximum atomic E-state index is 5.71. The molecule has 1 fully saturated rings. The predicted molar refractivity (Wildman–Crippen MR) is 79.0 cm³/mol. The van der Waals surface area contributed by atoms with Gasteiger partial charge in [0.05, 0.1) is 12.8 Å². The smallest absolute Gasteiger partial charge is 0.118 e. The van der Waals surface area contributed by atoms with Gasteiger partial charge in [-0.25, -0.2) is 0 Å². The van der Waals surface area contributed by atoms with Crippen molar-refractivity contribution in [2.24, 2.45) is 0 Å². The van der Waals surface area contributed by atoms with Gasteiger partial charge >= 0.3 is 0 Å². The standard InChI is InChI=1S/C16H28N2O/c1-3-8-17-11-15-10-16(19-13-15)12-18-9-6-4-5-7-14(18)2/h10,13-14,17H,3-9,11-12H2,1-2H3. The second-order valence-corrected chi connectivity index (χ2v) is 5.77. The van der Waals surface area contributed by atoms with Crippen molar-refractivity contribution in [3.8, 4) is 0 Å². The summed E-state index contributed by atoms with van der Waals surface area (Å²) in [4.78, 5) is 2.56. The molecule has 1 aromatic rings. The highest BCUT2D eigenvalue weighted by atomic mass is 16.3. The monoisotopic (exact) mass is 264 g/mol. The van der Waals surface area contributed by atoms with E-state index < -0.39 is 0 Å². The summed E-state index contributed by atoms with van der Waals surface area (Å²) in [5, 5.41) is 3.41. The second-order valence-electron chi connectivity index (χ2n) is 5.77. The number of rotatable bonds is 6. The third-order valence-corrected chi connectivity index (χ3v) is 4.01. The number of hydrogen-bond donors (Lipinski definition) is 1.